The van der Waals surface area contributed by atoms with E-state index in [2.05, 4.69) is 23.5 Å². The standard InChI is InChI=1S/C20H27N3O3/c1-15(22-11-12-23(25)20(21)24)13-17-7-6-10-19(14-17)26-16(2)18-8-4-3-5-9-18/h3-10,14-16,22,25H,11-13H2,1-2H3,(H2,21,24). The molecule has 0 aliphatic heterocycles. The molecule has 0 saturated carbocycles. The summed E-state index contributed by atoms with van der Waals surface area (Å²) in [5.41, 5.74) is 7.26. The van der Waals surface area contributed by atoms with Crippen LogP contribution in [-0.2, 0) is 6.42 Å². The first-order valence-electron chi connectivity index (χ1n) is 8.75. The van der Waals surface area contributed by atoms with Crippen molar-refractivity contribution in [2.45, 2.75) is 32.4 Å². The number of nitrogens with zero attached hydrogens (tertiary/aromatic N) is 1. The van der Waals surface area contributed by atoms with E-state index in [1.165, 1.54) is 0 Å². The molecule has 0 saturated heterocycles. The van der Waals surface area contributed by atoms with Gasteiger partial charge in [0.15, 0.2) is 0 Å². The Morgan fingerprint density at radius 3 is 2.62 bits per heavy atom. The quantitative estimate of drug-likeness (QED) is 0.475. The van der Waals surface area contributed by atoms with Crippen LogP contribution in [0.25, 0.3) is 0 Å². The Labute approximate surface area is 154 Å². The molecule has 0 aliphatic carbocycles. The number of hydrogen-bond acceptors (Lipinski definition) is 4. The van der Waals surface area contributed by atoms with Gasteiger partial charge in [0.1, 0.15) is 11.9 Å². The number of primary amides is 1. The van der Waals surface area contributed by atoms with E-state index in [0.717, 1.165) is 23.3 Å². The van der Waals surface area contributed by atoms with Gasteiger partial charge in [0.2, 0.25) is 0 Å². The Morgan fingerprint density at radius 2 is 1.92 bits per heavy atom. The minimum absolute atomic E-state index is 0.0219. The van der Waals surface area contributed by atoms with Crippen molar-refractivity contribution in [3.8, 4) is 5.75 Å². The number of benzene rings is 2. The van der Waals surface area contributed by atoms with Gasteiger partial charge in [-0.05, 0) is 43.5 Å². The summed E-state index contributed by atoms with van der Waals surface area (Å²) in [6.07, 6.45) is 0.783. The van der Waals surface area contributed by atoms with Crippen molar-refractivity contribution in [1.29, 1.82) is 0 Å². The maximum Gasteiger partial charge on any atom is 0.338 e. The van der Waals surface area contributed by atoms with Crippen LogP contribution in [0.1, 0.15) is 31.1 Å². The lowest BCUT2D eigenvalue weighted by Crippen LogP contribution is -2.40. The van der Waals surface area contributed by atoms with Crippen LogP contribution in [0.4, 0.5) is 4.79 Å². The van der Waals surface area contributed by atoms with Crippen LogP contribution in [0.5, 0.6) is 5.75 Å². The van der Waals surface area contributed by atoms with Gasteiger partial charge in [0.05, 0.1) is 6.54 Å². The number of rotatable bonds is 9. The van der Waals surface area contributed by atoms with Crippen molar-refractivity contribution in [2.75, 3.05) is 13.1 Å². The van der Waals surface area contributed by atoms with Gasteiger partial charge in [-0.3, -0.25) is 5.21 Å². The highest BCUT2D eigenvalue weighted by molar-refractivity contribution is 5.70. The molecule has 0 radical (unpaired) electrons. The summed E-state index contributed by atoms with van der Waals surface area (Å²) >= 11 is 0. The van der Waals surface area contributed by atoms with E-state index < -0.39 is 6.03 Å². The van der Waals surface area contributed by atoms with E-state index in [9.17, 15) is 10.0 Å². The summed E-state index contributed by atoms with van der Waals surface area (Å²) in [6, 6.07) is 17.5. The molecule has 2 aromatic carbocycles. The molecule has 2 rings (SSSR count). The molecule has 6 nitrogen and oxygen atoms in total. The first-order chi connectivity index (χ1) is 12.5. The maximum absolute atomic E-state index is 10.8. The van der Waals surface area contributed by atoms with E-state index >= 15 is 0 Å². The van der Waals surface area contributed by atoms with E-state index in [0.29, 0.717) is 11.6 Å². The second-order valence-corrected chi connectivity index (χ2v) is 6.34. The molecule has 0 heterocycles. The van der Waals surface area contributed by atoms with Crippen LogP contribution in [0.3, 0.4) is 0 Å². The number of hydroxylamine groups is 2. The fourth-order valence-corrected chi connectivity index (χ4v) is 2.69. The van der Waals surface area contributed by atoms with Crippen LogP contribution < -0.4 is 15.8 Å². The Bertz CT molecular complexity index is 694. The molecule has 0 aromatic heterocycles. The van der Waals surface area contributed by atoms with E-state index in [1.807, 2.05) is 50.2 Å². The normalized spacial score (nSPS) is 13.0. The third-order valence-corrected chi connectivity index (χ3v) is 4.09. The minimum atomic E-state index is -0.850. The Morgan fingerprint density at radius 1 is 1.19 bits per heavy atom. The van der Waals surface area contributed by atoms with Gasteiger partial charge in [-0.15, -0.1) is 0 Å². The number of nitrogens with two attached hydrogens (primary N) is 1. The number of carbonyl (C=O) groups excluding carboxylic acids is 1. The summed E-state index contributed by atoms with van der Waals surface area (Å²) in [7, 11) is 0. The molecule has 6 heteroatoms. The van der Waals surface area contributed by atoms with Crippen LogP contribution in [-0.4, -0.2) is 35.4 Å². The van der Waals surface area contributed by atoms with Gasteiger partial charge >= 0.3 is 6.03 Å². The molecule has 2 aromatic rings. The molecular weight excluding hydrogens is 330 g/mol. The molecule has 2 unspecified atom stereocenters. The van der Waals surface area contributed by atoms with E-state index in [-0.39, 0.29) is 18.7 Å². The smallest absolute Gasteiger partial charge is 0.338 e. The van der Waals surface area contributed by atoms with Crippen molar-refractivity contribution in [2.24, 2.45) is 5.73 Å². The molecule has 140 valence electrons. The lowest BCUT2D eigenvalue weighted by molar-refractivity contribution is -0.0382. The van der Waals surface area contributed by atoms with Crippen molar-refractivity contribution >= 4 is 6.03 Å². The predicted octanol–water partition coefficient (Wildman–Crippen LogP) is 3.12. The highest BCUT2D eigenvalue weighted by Crippen LogP contribution is 2.22. The van der Waals surface area contributed by atoms with Gasteiger partial charge in [-0.25, -0.2) is 9.86 Å². The third-order valence-electron chi connectivity index (χ3n) is 4.09. The number of carbonyl (C=O) groups is 1. The first kappa shape index (κ1) is 19.8. The van der Waals surface area contributed by atoms with Crippen LogP contribution in [0.15, 0.2) is 54.6 Å². The molecule has 0 fully saturated rings. The van der Waals surface area contributed by atoms with E-state index in [1.54, 1.807) is 0 Å². The van der Waals surface area contributed by atoms with Gasteiger partial charge in [0, 0.05) is 12.6 Å². The Kier molecular flexibility index (Phi) is 7.44. The molecule has 0 spiro atoms. The molecule has 0 aliphatic rings. The topological polar surface area (TPSA) is 87.8 Å². The average molecular weight is 357 g/mol. The van der Waals surface area contributed by atoms with Crippen molar-refractivity contribution < 1.29 is 14.7 Å². The van der Waals surface area contributed by atoms with Crippen molar-refractivity contribution in [3.05, 3.63) is 65.7 Å². The summed E-state index contributed by atoms with van der Waals surface area (Å²) < 4.78 is 6.05. The summed E-state index contributed by atoms with van der Waals surface area (Å²) in [6.45, 7) is 4.69. The minimum Gasteiger partial charge on any atom is -0.486 e. The number of ether oxygens (including phenoxy) is 1. The lowest BCUT2D eigenvalue weighted by Gasteiger charge is -2.18. The predicted molar refractivity (Wildman–Crippen MR) is 101 cm³/mol. The number of hydrogen-bond donors (Lipinski definition) is 3. The Hall–Kier alpha value is -2.57. The van der Waals surface area contributed by atoms with Crippen LogP contribution >= 0.6 is 0 Å². The van der Waals surface area contributed by atoms with Gasteiger partial charge < -0.3 is 15.8 Å². The zero-order valence-corrected chi connectivity index (χ0v) is 15.3. The van der Waals surface area contributed by atoms with Crippen LogP contribution in [0, 0.1) is 0 Å². The largest absolute Gasteiger partial charge is 0.486 e. The number of amides is 2. The monoisotopic (exact) mass is 357 g/mol. The number of nitrogens with one attached hydrogen (secondary N) is 1. The molecular formula is C20H27N3O3. The number of urea groups is 1. The zero-order chi connectivity index (χ0) is 18.9. The zero-order valence-electron chi connectivity index (χ0n) is 15.3. The lowest BCUT2D eigenvalue weighted by atomic mass is 10.1. The summed E-state index contributed by atoms with van der Waals surface area (Å²) in [5.74, 6) is 0.835. The fraction of sp³-hybridized carbons (Fsp3) is 0.350. The maximum atomic E-state index is 10.8. The molecule has 2 atom stereocenters. The van der Waals surface area contributed by atoms with Gasteiger partial charge in [0.25, 0.3) is 0 Å². The Balaban J connectivity index is 1.85. The molecule has 26 heavy (non-hydrogen) atoms. The second-order valence-electron chi connectivity index (χ2n) is 6.34. The highest BCUT2D eigenvalue weighted by Gasteiger charge is 2.09. The van der Waals surface area contributed by atoms with Gasteiger partial charge in [-0.2, -0.15) is 0 Å². The van der Waals surface area contributed by atoms with Gasteiger partial charge in [-0.1, -0.05) is 42.5 Å². The first-order valence-corrected chi connectivity index (χ1v) is 8.75. The molecule has 0 bridgehead atoms. The summed E-state index contributed by atoms with van der Waals surface area (Å²) in [5, 5.41) is 13.0. The second kappa shape index (κ2) is 9.79. The van der Waals surface area contributed by atoms with Crippen LogP contribution in [0.2, 0.25) is 0 Å². The SMILES string of the molecule is CC(Cc1cccc(OC(C)c2ccccc2)c1)NCCN(O)C(N)=O. The highest BCUT2D eigenvalue weighted by atomic mass is 16.5. The fourth-order valence-electron chi connectivity index (χ4n) is 2.69. The molecule has 2 amide bonds. The average Bonchev–Trinajstić information content (AvgIpc) is 2.62. The third kappa shape index (κ3) is 6.38. The molecule has 4 N–H and O–H groups in total. The van der Waals surface area contributed by atoms with Crippen molar-refractivity contribution in [1.82, 2.24) is 10.4 Å². The summed E-state index contributed by atoms with van der Waals surface area (Å²) in [4.78, 5) is 10.8. The van der Waals surface area contributed by atoms with Crippen molar-refractivity contribution in [3.63, 3.8) is 0 Å². The van der Waals surface area contributed by atoms with E-state index in [4.69, 9.17) is 10.5 Å².